The summed E-state index contributed by atoms with van der Waals surface area (Å²) in [5.74, 6) is 0.181. The molecule has 1 unspecified atom stereocenters. The van der Waals surface area contributed by atoms with E-state index in [1.165, 1.54) is 33.8 Å². The van der Waals surface area contributed by atoms with Crippen molar-refractivity contribution in [2.75, 3.05) is 33.7 Å². The van der Waals surface area contributed by atoms with Gasteiger partial charge in [0.2, 0.25) is 5.91 Å². The van der Waals surface area contributed by atoms with Crippen molar-refractivity contribution < 1.29 is 13.2 Å². The third-order valence-corrected chi connectivity index (χ3v) is 6.81. The van der Waals surface area contributed by atoms with Crippen LogP contribution in [0.2, 0.25) is 0 Å². The molecule has 0 aromatic heterocycles. The number of rotatable bonds is 7. The lowest BCUT2D eigenvalue weighted by molar-refractivity contribution is -0.126. The van der Waals surface area contributed by atoms with E-state index in [0.29, 0.717) is 25.4 Å². The SMILES string of the molecule is CC(C)c1ccc(CCNC(=O)C2CCCN(S(=O)(=O)N(C)C)C2)cc1. The molecule has 1 amide bonds. The van der Waals surface area contributed by atoms with Gasteiger partial charge in [0.25, 0.3) is 10.2 Å². The predicted molar refractivity (Wildman–Crippen MR) is 104 cm³/mol. The molecule has 1 N–H and O–H groups in total. The minimum atomic E-state index is -3.45. The molecule has 6 nitrogen and oxygen atoms in total. The van der Waals surface area contributed by atoms with Crippen LogP contribution in [0.25, 0.3) is 0 Å². The van der Waals surface area contributed by atoms with Gasteiger partial charge < -0.3 is 5.32 Å². The Bertz CT molecular complexity index is 699. The number of nitrogens with one attached hydrogen (secondary N) is 1. The summed E-state index contributed by atoms with van der Waals surface area (Å²) in [5.41, 5.74) is 2.50. The molecule has 0 spiro atoms. The van der Waals surface area contributed by atoms with Gasteiger partial charge in [-0.2, -0.15) is 17.0 Å². The fourth-order valence-electron chi connectivity index (χ4n) is 3.14. The Balaban J connectivity index is 1.84. The Morgan fingerprint density at radius 1 is 1.27 bits per heavy atom. The molecule has 0 aliphatic carbocycles. The van der Waals surface area contributed by atoms with Crippen LogP contribution in [-0.4, -0.2) is 56.7 Å². The van der Waals surface area contributed by atoms with Crippen molar-refractivity contribution in [3.63, 3.8) is 0 Å². The zero-order chi connectivity index (χ0) is 19.3. The molecule has 7 heteroatoms. The first-order valence-corrected chi connectivity index (χ1v) is 10.7. The highest BCUT2D eigenvalue weighted by molar-refractivity contribution is 7.86. The van der Waals surface area contributed by atoms with Gasteiger partial charge in [-0.1, -0.05) is 38.1 Å². The summed E-state index contributed by atoms with van der Waals surface area (Å²) in [6.45, 7) is 5.64. The van der Waals surface area contributed by atoms with Crippen molar-refractivity contribution in [2.45, 2.75) is 39.0 Å². The number of piperidine rings is 1. The summed E-state index contributed by atoms with van der Waals surface area (Å²) >= 11 is 0. The highest BCUT2D eigenvalue weighted by atomic mass is 32.2. The molecule has 1 fully saturated rings. The van der Waals surface area contributed by atoms with E-state index in [4.69, 9.17) is 0 Å². The second-order valence-corrected chi connectivity index (χ2v) is 9.57. The molecule has 2 rings (SSSR count). The molecular weight excluding hydrogens is 350 g/mol. The minimum absolute atomic E-state index is 0.0533. The van der Waals surface area contributed by atoms with E-state index in [1.54, 1.807) is 0 Å². The van der Waals surface area contributed by atoms with Crippen molar-refractivity contribution in [2.24, 2.45) is 5.92 Å². The van der Waals surface area contributed by atoms with Gasteiger partial charge in [-0.3, -0.25) is 4.79 Å². The lowest BCUT2D eigenvalue weighted by atomic mass is 9.98. The molecule has 1 atom stereocenters. The van der Waals surface area contributed by atoms with Crippen molar-refractivity contribution in [3.8, 4) is 0 Å². The Labute approximate surface area is 157 Å². The van der Waals surface area contributed by atoms with E-state index >= 15 is 0 Å². The number of benzene rings is 1. The van der Waals surface area contributed by atoms with Gasteiger partial charge in [0.1, 0.15) is 0 Å². The Morgan fingerprint density at radius 3 is 2.50 bits per heavy atom. The van der Waals surface area contributed by atoms with Crippen LogP contribution in [0.15, 0.2) is 24.3 Å². The zero-order valence-corrected chi connectivity index (χ0v) is 17.1. The minimum Gasteiger partial charge on any atom is -0.355 e. The van der Waals surface area contributed by atoms with E-state index in [1.807, 2.05) is 0 Å². The molecule has 1 aromatic carbocycles. The van der Waals surface area contributed by atoms with Crippen LogP contribution in [0.3, 0.4) is 0 Å². The number of nitrogens with zero attached hydrogens (tertiary/aromatic N) is 2. The third-order valence-electron chi connectivity index (χ3n) is 4.90. The Morgan fingerprint density at radius 2 is 1.92 bits per heavy atom. The van der Waals surface area contributed by atoms with Crippen LogP contribution in [-0.2, 0) is 21.4 Å². The first-order valence-electron chi connectivity index (χ1n) is 9.26. The third kappa shape index (κ3) is 5.28. The molecule has 146 valence electrons. The number of carbonyl (C=O) groups is 1. The molecule has 0 radical (unpaired) electrons. The van der Waals surface area contributed by atoms with E-state index in [9.17, 15) is 13.2 Å². The van der Waals surface area contributed by atoms with Crippen molar-refractivity contribution in [3.05, 3.63) is 35.4 Å². The van der Waals surface area contributed by atoms with Crippen LogP contribution in [0.4, 0.5) is 0 Å². The Kier molecular flexibility index (Phi) is 7.20. The maximum absolute atomic E-state index is 12.4. The average Bonchev–Trinajstić information content (AvgIpc) is 2.62. The van der Waals surface area contributed by atoms with Crippen molar-refractivity contribution in [1.29, 1.82) is 0 Å². The van der Waals surface area contributed by atoms with Crippen LogP contribution in [0.1, 0.15) is 43.7 Å². The normalized spacial score (nSPS) is 19.1. The molecular formula is C19H31N3O3S. The smallest absolute Gasteiger partial charge is 0.281 e. The fraction of sp³-hybridized carbons (Fsp3) is 0.632. The Hall–Kier alpha value is -1.44. The zero-order valence-electron chi connectivity index (χ0n) is 16.2. The van der Waals surface area contributed by atoms with Gasteiger partial charge in [-0.05, 0) is 36.3 Å². The highest BCUT2D eigenvalue weighted by Crippen LogP contribution is 2.20. The van der Waals surface area contributed by atoms with E-state index in [-0.39, 0.29) is 18.4 Å². The fourth-order valence-corrected chi connectivity index (χ4v) is 4.33. The molecule has 1 aromatic rings. The number of hydrogen-bond donors (Lipinski definition) is 1. The van der Waals surface area contributed by atoms with Crippen LogP contribution < -0.4 is 5.32 Å². The summed E-state index contributed by atoms with van der Waals surface area (Å²) in [6, 6.07) is 8.47. The molecule has 1 heterocycles. The lowest BCUT2D eigenvalue weighted by Gasteiger charge is -2.32. The quantitative estimate of drug-likeness (QED) is 0.785. The predicted octanol–water partition coefficient (Wildman–Crippen LogP) is 1.99. The van der Waals surface area contributed by atoms with E-state index < -0.39 is 10.2 Å². The van der Waals surface area contributed by atoms with Crippen LogP contribution >= 0.6 is 0 Å². The van der Waals surface area contributed by atoms with Gasteiger partial charge >= 0.3 is 0 Å². The van der Waals surface area contributed by atoms with Crippen LogP contribution in [0, 0.1) is 5.92 Å². The average molecular weight is 382 g/mol. The number of carbonyl (C=O) groups excluding carboxylic acids is 1. The van der Waals surface area contributed by atoms with Gasteiger partial charge in [-0.25, -0.2) is 0 Å². The molecule has 26 heavy (non-hydrogen) atoms. The summed E-state index contributed by atoms with van der Waals surface area (Å²) in [6.07, 6.45) is 2.22. The molecule has 1 saturated heterocycles. The standard InChI is InChI=1S/C19H31N3O3S/c1-15(2)17-9-7-16(8-10-17)11-12-20-19(23)18-6-5-13-22(14-18)26(24,25)21(3)4/h7-10,15,18H,5-6,11-14H2,1-4H3,(H,20,23). The van der Waals surface area contributed by atoms with Gasteiger partial charge in [0.05, 0.1) is 5.92 Å². The van der Waals surface area contributed by atoms with Crippen molar-refractivity contribution >= 4 is 16.1 Å². The first-order chi connectivity index (χ1) is 12.2. The largest absolute Gasteiger partial charge is 0.355 e. The summed E-state index contributed by atoms with van der Waals surface area (Å²) in [7, 11) is -0.420. The molecule has 0 bridgehead atoms. The lowest BCUT2D eigenvalue weighted by Crippen LogP contribution is -2.49. The maximum atomic E-state index is 12.4. The highest BCUT2D eigenvalue weighted by Gasteiger charge is 2.33. The van der Waals surface area contributed by atoms with Gasteiger partial charge in [0.15, 0.2) is 0 Å². The molecule has 1 aliphatic heterocycles. The summed E-state index contributed by atoms with van der Waals surface area (Å²) < 4.78 is 27.1. The van der Waals surface area contributed by atoms with Crippen LogP contribution in [0.5, 0.6) is 0 Å². The van der Waals surface area contributed by atoms with Gasteiger partial charge in [0, 0.05) is 33.7 Å². The number of hydrogen-bond acceptors (Lipinski definition) is 3. The summed E-state index contributed by atoms with van der Waals surface area (Å²) in [4.78, 5) is 12.4. The van der Waals surface area contributed by atoms with E-state index in [2.05, 4.69) is 43.4 Å². The second kappa shape index (κ2) is 8.97. The van der Waals surface area contributed by atoms with E-state index in [0.717, 1.165) is 12.8 Å². The second-order valence-electron chi connectivity index (χ2n) is 7.42. The topological polar surface area (TPSA) is 69.7 Å². The van der Waals surface area contributed by atoms with Gasteiger partial charge in [-0.15, -0.1) is 0 Å². The van der Waals surface area contributed by atoms with Crippen molar-refractivity contribution in [1.82, 2.24) is 13.9 Å². The molecule has 1 aliphatic rings. The molecule has 0 saturated carbocycles. The maximum Gasteiger partial charge on any atom is 0.281 e. The number of amides is 1. The summed E-state index contributed by atoms with van der Waals surface area (Å²) in [5, 5.41) is 2.97. The monoisotopic (exact) mass is 381 g/mol. The first kappa shape index (κ1) is 20.9.